The molecule has 0 unspecified atom stereocenters. The van der Waals surface area contributed by atoms with Crippen molar-refractivity contribution in [1.82, 2.24) is 9.80 Å². The monoisotopic (exact) mass is 378 g/mol. The molecule has 4 rings (SSSR count). The van der Waals surface area contributed by atoms with E-state index in [1.807, 2.05) is 4.90 Å². The van der Waals surface area contributed by atoms with Crippen molar-refractivity contribution in [3.05, 3.63) is 35.4 Å². The van der Waals surface area contributed by atoms with Crippen LogP contribution >= 0.6 is 0 Å². The molecule has 1 aromatic carbocycles. The molecule has 27 heavy (non-hydrogen) atoms. The third-order valence-electron chi connectivity index (χ3n) is 6.12. The maximum absolute atomic E-state index is 13.4. The number of carbonyl (C=O) groups excluding carboxylic acids is 2. The minimum Gasteiger partial charge on any atom is -0.381 e. The van der Waals surface area contributed by atoms with Gasteiger partial charge < -0.3 is 14.5 Å². The van der Waals surface area contributed by atoms with E-state index in [0.29, 0.717) is 44.8 Å². The standard InChI is InChI=1S/C20H24F2N2O3/c21-16-7-14(8-17(22)9-16)11-24-13-20(10-18(24)25)2-4-23(5-3-20)19(26)15-1-6-27-12-15/h7-9,15H,1-6,10-13H2/t15-/m1/s1. The van der Waals surface area contributed by atoms with E-state index in [9.17, 15) is 18.4 Å². The van der Waals surface area contributed by atoms with E-state index in [1.165, 1.54) is 12.1 Å². The first-order valence-corrected chi connectivity index (χ1v) is 9.53. The zero-order valence-corrected chi connectivity index (χ0v) is 15.3. The molecule has 0 aromatic heterocycles. The van der Waals surface area contributed by atoms with Crippen LogP contribution in [0.1, 0.15) is 31.2 Å². The zero-order valence-electron chi connectivity index (χ0n) is 15.3. The Labute approximate surface area is 157 Å². The molecule has 1 spiro atoms. The number of hydrogen-bond donors (Lipinski definition) is 0. The first kappa shape index (κ1) is 18.3. The molecule has 3 aliphatic heterocycles. The van der Waals surface area contributed by atoms with Crippen molar-refractivity contribution in [2.75, 3.05) is 32.8 Å². The molecule has 3 heterocycles. The van der Waals surface area contributed by atoms with E-state index < -0.39 is 11.6 Å². The first-order valence-electron chi connectivity index (χ1n) is 9.53. The van der Waals surface area contributed by atoms with Gasteiger partial charge in [-0.25, -0.2) is 8.78 Å². The summed E-state index contributed by atoms with van der Waals surface area (Å²) in [4.78, 5) is 28.6. The Morgan fingerprint density at radius 2 is 1.89 bits per heavy atom. The zero-order chi connectivity index (χ0) is 19.0. The largest absolute Gasteiger partial charge is 0.381 e. The molecule has 7 heteroatoms. The summed E-state index contributed by atoms with van der Waals surface area (Å²) in [5.41, 5.74) is 0.332. The van der Waals surface area contributed by atoms with Crippen LogP contribution in [-0.4, -0.2) is 54.5 Å². The van der Waals surface area contributed by atoms with E-state index in [1.54, 1.807) is 4.90 Å². The first-order chi connectivity index (χ1) is 12.9. The number of amides is 2. The normalized spacial score (nSPS) is 24.8. The summed E-state index contributed by atoms with van der Waals surface area (Å²) < 4.78 is 32.1. The van der Waals surface area contributed by atoms with Gasteiger partial charge in [0, 0.05) is 50.7 Å². The van der Waals surface area contributed by atoms with E-state index in [0.717, 1.165) is 25.3 Å². The quantitative estimate of drug-likeness (QED) is 0.811. The van der Waals surface area contributed by atoms with Crippen LogP contribution in [-0.2, 0) is 20.9 Å². The molecule has 146 valence electrons. The highest BCUT2D eigenvalue weighted by atomic mass is 19.1. The fraction of sp³-hybridized carbons (Fsp3) is 0.600. The van der Waals surface area contributed by atoms with Crippen LogP contribution in [0, 0.1) is 23.0 Å². The lowest BCUT2D eigenvalue weighted by atomic mass is 9.77. The highest BCUT2D eigenvalue weighted by Gasteiger charge is 2.46. The van der Waals surface area contributed by atoms with Crippen LogP contribution in [0.15, 0.2) is 18.2 Å². The van der Waals surface area contributed by atoms with Gasteiger partial charge in [0.15, 0.2) is 0 Å². The molecule has 3 aliphatic rings. The number of halogens is 2. The lowest BCUT2D eigenvalue weighted by molar-refractivity contribution is -0.137. The van der Waals surface area contributed by atoms with Gasteiger partial charge in [0.2, 0.25) is 11.8 Å². The van der Waals surface area contributed by atoms with Crippen LogP contribution in [0.4, 0.5) is 8.78 Å². The average molecular weight is 378 g/mol. The van der Waals surface area contributed by atoms with Gasteiger partial charge in [0.05, 0.1) is 12.5 Å². The van der Waals surface area contributed by atoms with Crippen LogP contribution in [0.2, 0.25) is 0 Å². The molecule has 5 nitrogen and oxygen atoms in total. The van der Waals surface area contributed by atoms with Gasteiger partial charge in [0.25, 0.3) is 0 Å². The molecule has 0 N–H and O–H groups in total. The number of ether oxygens (including phenoxy) is 1. The molecule has 2 amide bonds. The van der Waals surface area contributed by atoms with Crippen molar-refractivity contribution in [3.8, 4) is 0 Å². The van der Waals surface area contributed by atoms with Crippen LogP contribution in [0.5, 0.6) is 0 Å². The maximum Gasteiger partial charge on any atom is 0.228 e. The fourth-order valence-electron chi connectivity index (χ4n) is 4.57. The average Bonchev–Trinajstić information content (AvgIpc) is 3.23. The molecule has 0 bridgehead atoms. The van der Waals surface area contributed by atoms with E-state index in [-0.39, 0.29) is 29.7 Å². The molecule has 0 aliphatic carbocycles. The van der Waals surface area contributed by atoms with Gasteiger partial charge in [-0.3, -0.25) is 9.59 Å². The third kappa shape index (κ3) is 3.83. The molecule has 3 fully saturated rings. The Morgan fingerprint density at radius 3 is 2.52 bits per heavy atom. The van der Waals surface area contributed by atoms with E-state index in [4.69, 9.17) is 4.74 Å². The number of benzene rings is 1. The van der Waals surface area contributed by atoms with Crippen molar-refractivity contribution in [2.45, 2.75) is 32.2 Å². The van der Waals surface area contributed by atoms with Crippen molar-refractivity contribution in [3.63, 3.8) is 0 Å². The number of carbonyl (C=O) groups is 2. The Hall–Kier alpha value is -2.02. The van der Waals surface area contributed by atoms with Crippen molar-refractivity contribution in [1.29, 1.82) is 0 Å². The van der Waals surface area contributed by atoms with Gasteiger partial charge in [-0.2, -0.15) is 0 Å². The summed E-state index contributed by atoms with van der Waals surface area (Å²) in [5.74, 6) is -1.10. The summed E-state index contributed by atoms with van der Waals surface area (Å²) in [6.07, 6.45) is 2.80. The molecular formula is C20H24F2N2O3. The van der Waals surface area contributed by atoms with Crippen molar-refractivity contribution in [2.24, 2.45) is 11.3 Å². The van der Waals surface area contributed by atoms with Gasteiger partial charge in [0.1, 0.15) is 11.6 Å². The summed E-state index contributed by atoms with van der Waals surface area (Å²) in [5, 5.41) is 0. The van der Waals surface area contributed by atoms with Crippen molar-refractivity contribution < 1.29 is 23.1 Å². The number of piperidine rings is 1. The number of likely N-dealkylation sites (tertiary alicyclic amines) is 2. The highest BCUT2D eigenvalue weighted by molar-refractivity contribution is 5.81. The lowest BCUT2D eigenvalue weighted by Crippen LogP contribution is -2.46. The summed E-state index contributed by atoms with van der Waals surface area (Å²) in [6.45, 7) is 3.28. The van der Waals surface area contributed by atoms with Gasteiger partial charge >= 0.3 is 0 Å². The van der Waals surface area contributed by atoms with E-state index >= 15 is 0 Å². The second-order valence-corrected chi connectivity index (χ2v) is 8.09. The number of nitrogens with zero attached hydrogens (tertiary/aromatic N) is 2. The minimum atomic E-state index is -0.630. The van der Waals surface area contributed by atoms with Crippen LogP contribution in [0.3, 0.4) is 0 Å². The molecule has 1 atom stereocenters. The molecule has 1 aromatic rings. The SMILES string of the molecule is O=C1CC2(CCN(C(=O)[C@@H]3CCOC3)CC2)CN1Cc1cc(F)cc(F)c1. The Balaban J connectivity index is 1.37. The van der Waals surface area contributed by atoms with E-state index in [2.05, 4.69) is 0 Å². The summed E-state index contributed by atoms with van der Waals surface area (Å²) in [7, 11) is 0. The second kappa shape index (κ2) is 7.19. The van der Waals surface area contributed by atoms with Crippen LogP contribution in [0.25, 0.3) is 0 Å². The highest BCUT2D eigenvalue weighted by Crippen LogP contribution is 2.42. The van der Waals surface area contributed by atoms with Gasteiger partial charge in [-0.1, -0.05) is 0 Å². The van der Waals surface area contributed by atoms with Crippen LogP contribution < -0.4 is 0 Å². The van der Waals surface area contributed by atoms with Gasteiger partial charge in [-0.15, -0.1) is 0 Å². The third-order valence-corrected chi connectivity index (χ3v) is 6.12. The van der Waals surface area contributed by atoms with Crippen molar-refractivity contribution >= 4 is 11.8 Å². The number of rotatable bonds is 3. The maximum atomic E-state index is 13.4. The predicted molar refractivity (Wildman–Crippen MR) is 93.6 cm³/mol. The van der Waals surface area contributed by atoms with Gasteiger partial charge in [-0.05, 0) is 37.0 Å². The molecular weight excluding hydrogens is 354 g/mol. The number of hydrogen-bond acceptors (Lipinski definition) is 3. The Bertz CT molecular complexity index is 720. The summed E-state index contributed by atoms with van der Waals surface area (Å²) in [6, 6.07) is 3.37. The topological polar surface area (TPSA) is 49.9 Å². The molecule has 0 radical (unpaired) electrons. The molecule has 3 saturated heterocycles. The minimum absolute atomic E-state index is 0.0173. The molecule has 0 saturated carbocycles. The smallest absolute Gasteiger partial charge is 0.228 e. The second-order valence-electron chi connectivity index (χ2n) is 8.09. The Kier molecular flexibility index (Phi) is 4.88. The lowest BCUT2D eigenvalue weighted by Gasteiger charge is -2.39. The summed E-state index contributed by atoms with van der Waals surface area (Å²) >= 11 is 0. The predicted octanol–water partition coefficient (Wildman–Crippen LogP) is 2.34. The Morgan fingerprint density at radius 1 is 1.19 bits per heavy atom. The fourth-order valence-corrected chi connectivity index (χ4v) is 4.57.